The van der Waals surface area contributed by atoms with Gasteiger partial charge in [0.2, 0.25) is 0 Å². The molecule has 17 heavy (non-hydrogen) atoms. The molecule has 0 heterocycles. The van der Waals surface area contributed by atoms with Crippen molar-refractivity contribution in [3.63, 3.8) is 0 Å². The number of methoxy groups -OCH3 is 1. The summed E-state index contributed by atoms with van der Waals surface area (Å²) in [6.45, 7) is 6.42. The predicted molar refractivity (Wildman–Crippen MR) is 72.0 cm³/mol. The Morgan fingerprint density at radius 1 is 1.53 bits per heavy atom. The van der Waals surface area contributed by atoms with E-state index in [1.165, 1.54) is 12.0 Å². The number of hydrogen-bond donors (Lipinski definition) is 1. The van der Waals surface area contributed by atoms with E-state index in [0.717, 1.165) is 23.9 Å². The highest BCUT2D eigenvalue weighted by molar-refractivity contribution is 6.30. The second-order valence-electron chi connectivity index (χ2n) is 4.89. The van der Waals surface area contributed by atoms with Gasteiger partial charge in [-0.15, -0.1) is 0 Å². The summed E-state index contributed by atoms with van der Waals surface area (Å²) in [5, 5.41) is 4.24. The Morgan fingerprint density at radius 2 is 2.24 bits per heavy atom. The molecule has 2 unspecified atom stereocenters. The fourth-order valence-electron chi connectivity index (χ4n) is 2.62. The summed E-state index contributed by atoms with van der Waals surface area (Å²) in [7, 11) is 1.72. The smallest absolute Gasteiger partial charge is 0.122 e. The van der Waals surface area contributed by atoms with E-state index in [1.54, 1.807) is 7.11 Å². The molecular formula is C14H20ClNO. The summed E-state index contributed by atoms with van der Waals surface area (Å²) in [5.41, 5.74) is 1.47. The van der Waals surface area contributed by atoms with E-state index in [9.17, 15) is 0 Å². The summed E-state index contributed by atoms with van der Waals surface area (Å²) in [5.74, 6) is 1.64. The highest BCUT2D eigenvalue weighted by Gasteiger charge is 2.53. The Bertz CT molecular complexity index is 407. The summed E-state index contributed by atoms with van der Waals surface area (Å²) in [6.07, 6.45) is 1.21. The minimum Gasteiger partial charge on any atom is -0.496 e. The van der Waals surface area contributed by atoms with E-state index >= 15 is 0 Å². The molecule has 1 fully saturated rings. The van der Waals surface area contributed by atoms with E-state index in [2.05, 4.69) is 25.2 Å². The zero-order valence-electron chi connectivity index (χ0n) is 10.7. The first-order chi connectivity index (χ1) is 8.14. The number of hydrogen-bond acceptors (Lipinski definition) is 2. The standard InChI is InChI=1S/C14H20ClNO/c1-4-16-9-14(8-10(14)2)12-7-11(15)5-6-13(12)17-3/h5-7,10,16H,4,8-9H2,1-3H3. The first-order valence-electron chi connectivity index (χ1n) is 6.18. The highest BCUT2D eigenvalue weighted by Crippen LogP contribution is 2.56. The van der Waals surface area contributed by atoms with E-state index in [-0.39, 0.29) is 5.41 Å². The topological polar surface area (TPSA) is 21.3 Å². The van der Waals surface area contributed by atoms with Gasteiger partial charge in [0.05, 0.1) is 7.11 Å². The molecule has 0 radical (unpaired) electrons. The van der Waals surface area contributed by atoms with Crippen LogP contribution in [0.2, 0.25) is 5.02 Å². The third kappa shape index (κ3) is 2.29. The summed E-state index contributed by atoms with van der Waals surface area (Å²) < 4.78 is 5.47. The van der Waals surface area contributed by atoms with Gasteiger partial charge >= 0.3 is 0 Å². The molecule has 1 aliphatic rings. The molecule has 1 aliphatic carbocycles. The Kier molecular flexibility index (Phi) is 3.64. The number of nitrogens with one attached hydrogen (secondary N) is 1. The van der Waals surface area contributed by atoms with Gasteiger partial charge in [-0.05, 0) is 37.1 Å². The Balaban J connectivity index is 2.34. The molecule has 94 valence electrons. The molecule has 2 rings (SSSR count). The van der Waals surface area contributed by atoms with E-state index in [4.69, 9.17) is 16.3 Å². The number of likely N-dealkylation sites (N-methyl/N-ethyl adjacent to an activating group) is 1. The first-order valence-corrected chi connectivity index (χ1v) is 6.56. The van der Waals surface area contributed by atoms with Gasteiger partial charge < -0.3 is 10.1 Å². The van der Waals surface area contributed by atoms with Crippen molar-refractivity contribution in [3.8, 4) is 5.75 Å². The molecule has 1 N–H and O–H groups in total. The van der Waals surface area contributed by atoms with Crippen molar-refractivity contribution in [1.82, 2.24) is 5.32 Å². The zero-order chi connectivity index (χ0) is 12.5. The quantitative estimate of drug-likeness (QED) is 0.870. The van der Waals surface area contributed by atoms with Gasteiger partial charge in [-0.1, -0.05) is 25.4 Å². The predicted octanol–water partition coefficient (Wildman–Crippen LogP) is 3.24. The van der Waals surface area contributed by atoms with Crippen LogP contribution >= 0.6 is 11.6 Å². The van der Waals surface area contributed by atoms with Crippen LogP contribution in [0.4, 0.5) is 0 Å². The summed E-state index contributed by atoms with van der Waals surface area (Å²) >= 11 is 6.11. The SMILES string of the molecule is CCNCC1(c2cc(Cl)ccc2OC)CC1C. The van der Waals surface area contributed by atoms with E-state index < -0.39 is 0 Å². The van der Waals surface area contributed by atoms with Crippen molar-refractivity contribution in [3.05, 3.63) is 28.8 Å². The van der Waals surface area contributed by atoms with Crippen LogP contribution < -0.4 is 10.1 Å². The molecule has 0 bridgehead atoms. The van der Waals surface area contributed by atoms with Crippen molar-refractivity contribution in [1.29, 1.82) is 0 Å². The van der Waals surface area contributed by atoms with Crippen LogP contribution in [0.3, 0.4) is 0 Å². The van der Waals surface area contributed by atoms with Crippen LogP contribution in [0.1, 0.15) is 25.8 Å². The van der Waals surface area contributed by atoms with Crippen LogP contribution in [0.25, 0.3) is 0 Å². The second-order valence-corrected chi connectivity index (χ2v) is 5.32. The summed E-state index contributed by atoms with van der Waals surface area (Å²) in [4.78, 5) is 0. The van der Waals surface area contributed by atoms with Crippen LogP contribution in [0.5, 0.6) is 5.75 Å². The van der Waals surface area contributed by atoms with E-state index in [1.807, 2.05) is 12.1 Å². The maximum Gasteiger partial charge on any atom is 0.122 e. The Hall–Kier alpha value is -0.730. The lowest BCUT2D eigenvalue weighted by Gasteiger charge is -2.20. The van der Waals surface area contributed by atoms with Crippen LogP contribution in [-0.4, -0.2) is 20.2 Å². The molecule has 0 aliphatic heterocycles. The van der Waals surface area contributed by atoms with Gasteiger partial charge in [-0.3, -0.25) is 0 Å². The van der Waals surface area contributed by atoms with Crippen LogP contribution in [0, 0.1) is 5.92 Å². The minimum atomic E-state index is 0.215. The third-order valence-corrected chi connectivity index (χ3v) is 4.08. The largest absolute Gasteiger partial charge is 0.496 e. The highest BCUT2D eigenvalue weighted by atomic mass is 35.5. The van der Waals surface area contributed by atoms with Gasteiger partial charge in [0, 0.05) is 22.5 Å². The average Bonchev–Trinajstić information content (AvgIpc) is 2.98. The molecular weight excluding hydrogens is 234 g/mol. The normalized spacial score (nSPS) is 26.9. The number of ether oxygens (including phenoxy) is 1. The molecule has 1 aromatic rings. The molecule has 3 heteroatoms. The average molecular weight is 254 g/mol. The van der Waals surface area contributed by atoms with Crippen molar-refractivity contribution < 1.29 is 4.74 Å². The minimum absolute atomic E-state index is 0.215. The monoisotopic (exact) mass is 253 g/mol. The van der Waals surface area contributed by atoms with Crippen molar-refractivity contribution >= 4 is 11.6 Å². The van der Waals surface area contributed by atoms with Gasteiger partial charge in [0.25, 0.3) is 0 Å². The molecule has 2 nitrogen and oxygen atoms in total. The lowest BCUT2D eigenvalue weighted by atomic mass is 9.92. The number of benzene rings is 1. The molecule has 0 saturated heterocycles. The molecule has 2 atom stereocenters. The maximum absolute atomic E-state index is 6.11. The van der Waals surface area contributed by atoms with Crippen LogP contribution in [0.15, 0.2) is 18.2 Å². The first kappa shape index (κ1) is 12.7. The van der Waals surface area contributed by atoms with Gasteiger partial charge in [-0.25, -0.2) is 0 Å². The number of halogens is 1. The van der Waals surface area contributed by atoms with E-state index in [0.29, 0.717) is 5.92 Å². The fraction of sp³-hybridized carbons (Fsp3) is 0.571. The number of rotatable bonds is 5. The Labute approximate surface area is 108 Å². The van der Waals surface area contributed by atoms with Gasteiger partial charge in [-0.2, -0.15) is 0 Å². The summed E-state index contributed by atoms with van der Waals surface area (Å²) in [6, 6.07) is 5.91. The second kappa shape index (κ2) is 4.87. The van der Waals surface area contributed by atoms with Gasteiger partial charge in [0.15, 0.2) is 0 Å². The molecule has 0 amide bonds. The molecule has 1 saturated carbocycles. The molecule has 1 aromatic carbocycles. The lowest BCUT2D eigenvalue weighted by molar-refractivity contribution is 0.399. The third-order valence-electron chi connectivity index (χ3n) is 3.84. The van der Waals surface area contributed by atoms with Crippen molar-refractivity contribution in [2.24, 2.45) is 5.92 Å². The molecule has 0 spiro atoms. The zero-order valence-corrected chi connectivity index (χ0v) is 11.5. The lowest BCUT2D eigenvalue weighted by Crippen LogP contribution is -2.28. The molecule has 0 aromatic heterocycles. The van der Waals surface area contributed by atoms with Gasteiger partial charge in [0.1, 0.15) is 5.75 Å². The van der Waals surface area contributed by atoms with Crippen LogP contribution in [-0.2, 0) is 5.41 Å². The Morgan fingerprint density at radius 3 is 2.76 bits per heavy atom. The van der Waals surface area contributed by atoms with Crippen molar-refractivity contribution in [2.45, 2.75) is 25.7 Å². The maximum atomic E-state index is 6.11. The fourth-order valence-corrected chi connectivity index (χ4v) is 2.79. The van der Waals surface area contributed by atoms with Crippen molar-refractivity contribution in [2.75, 3.05) is 20.2 Å².